The maximum atomic E-state index is 9.14. The number of fused-ring (bicyclic) bond motifs is 1. The van der Waals surface area contributed by atoms with Gasteiger partial charge in [-0.1, -0.05) is 31.2 Å². The normalized spacial score (nSPS) is 10.8. The minimum atomic E-state index is -1.44. The van der Waals surface area contributed by atoms with E-state index in [9.17, 15) is 0 Å². The third kappa shape index (κ3) is 3.97. The summed E-state index contributed by atoms with van der Waals surface area (Å²) in [6.45, 7) is 3.94. The van der Waals surface area contributed by atoms with Gasteiger partial charge in [0.2, 0.25) is 0 Å². The molecule has 0 fully saturated rings. The molecular formula is C15H19BO4. The van der Waals surface area contributed by atoms with E-state index in [1.54, 1.807) is 12.1 Å². The number of rotatable bonds is 7. The standard InChI is InChI=1S/C15H19BO4/c1-2-7-19-8-9-20-15-6-4-12-10-14(16(17)18)5-3-13(12)11-15/h3-6,10-11,17-18H,2,7-9H2,1H3. The molecule has 0 bridgehead atoms. The fraction of sp³-hybridized carbons (Fsp3) is 0.333. The second-order valence-corrected chi connectivity index (χ2v) is 4.60. The van der Waals surface area contributed by atoms with Crippen LogP contribution in [0.15, 0.2) is 36.4 Å². The predicted octanol–water partition coefficient (Wildman–Crippen LogP) is 1.32. The van der Waals surface area contributed by atoms with E-state index in [0.717, 1.165) is 29.5 Å². The van der Waals surface area contributed by atoms with Gasteiger partial charge in [0.05, 0.1) is 6.61 Å². The Labute approximate surface area is 119 Å². The molecule has 2 N–H and O–H groups in total. The Kier molecular flexibility index (Phi) is 5.41. The van der Waals surface area contributed by atoms with Gasteiger partial charge in [-0.3, -0.25) is 0 Å². The van der Waals surface area contributed by atoms with E-state index in [2.05, 4.69) is 6.92 Å². The Morgan fingerprint density at radius 2 is 1.70 bits per heavy atom. The molecule has 0 saturated carbocycles. The maximum Gasteiger partial charge on any atom is 0.488 e. The molecule has 0 aliphatic rings. The minimum Gasteiger partial charge on any atom is -0.491 e. The van der Waals surface area contributed by atoms with Crippen LogP contribution >= 0.6 is 0 Å². The predicted molar refractivity (Wildman–Crippen MR) is 80.4 cm³/mol. The highest BCUT2D eigenvalue weighted by Crippen LogP contribution is 2.20. The summed E-state index contributed by atoms with van der Waals surface area (Å²) in [6.07, 6.45) is 1.01. The lowest BCUT2D eigenvalue weighted by Crippen LogP contribution is -2.29. The van der Waals surface area contributed by atoms with E-state index in [0.29, 0.717) is 18.7 Å². The van der Waals surface area contributed by atoms with Crippen LogP contribution in [-0.4, -0.2) is 37.0 Å². The van der Waals surface area contributed by atoms with Crippen LogP contribution in [0, 0.1) is 0 Å². The third-order valence-corrected chi connectivity index (χ3v) is 2.98. The van der Waals surface area contributed by atoms with Crippen molar-refractivity contribution in [3.63, 3.8) is 0 Å². The summed E-state index contributed by atoms with van der Waals surface area (Å²) in [5.41, 5.74) is 0.485. The third-order valence-electron chi connectivity index (χ3n) is 2.98. The van der Waals surface area contributed by atoms with Gasteiger partial charge >= 0.3 is 7.12 Å². The van der Waals surface area contributed by atoms with Crippen molar-refractivity contribution in [2.75, 3.05) is 19.8 Å². The molecule has 0 saturated heterocycles. The molecule has 106 valence electrons. The molecule has 0 heterocycles. The Balaban J connectivity index is 2.00. The highest BCUT2D eigenvalue weighted by Gasteiger charge is 2.10. The molecular weight excluding hydrogens is 255 g/mol. The van der Waals surface area contributed by atoms with E-state index >= 15 is 0 Å². The second-order valence-electron chi connectivity index (χ2n) is 4.60. The number of hydrogen-bond donors (Lipinski definition) is 2. The van der Waals surface area contributed by atoms with Crippen LogP contribution in [0.25, 0.3) is 10.8 Å². The molecule has 2 rings (SSSR count). The first kappa shape index (κ1) is 14.8. The van der Waals surface area contributed by atoms with Gasteiger partial charge in [-0.05, 0) is 34.8 Å². The Bertz CT molecular complexity index is 557. The SMILES string of the molecule is CCCOCCOc1ccc2cc(B(O)O)ccc2c1. The summed E-state index contributed by atoms with van der Waals surface area (Å²) in [5, 5.41) is 20.2. The highest BCUT2D eigenvalue weighted by molar-refractivity contribution is 6.58. The van der Waals surface area contributed by atoms with E-state index in [1.807, 2.05) is 24.3 Å². The van der Waals surface area contributed by atoms with Gasteiger partial charge in [0.25, 0.3) is 0 Å². The Hall–Kier alpha value is -1.56. The van der Waals surface area contributed by atoms with Crippen LogP contribution in [0.1, 0.15) is 13.3 Å². The van der Waals surface area contributed by atoms with Gasteiger partial charge in [0, 0.05) is 6.61 Å². The first-order chi connectivity index (χ1) is 9.70. The average molecular weight is 274 g/mol. The van der Waals surface area contributed by atoms with Crippen molar-refractivity contribution in [2.45, 2.75) is 13.3 Å². The maximum absolute atomic E-state index is 9.14. The largest absolute Gasteiger partial charge is 0.491 e. The van der Waals surface area contributed by atoms with Gasteiger partial charge < -0.3 is 19.5 Å². The van der Waals surface area contributed by atoms with Gasteiger partial charge in [-0.15, -0.1) is 0 Å². The van der Waals surface area contributed by atoms with Crippen molar-refractivity contribution in [3.8, 4) is 5.75 Å². The Morgan fingerprint density at radius 1 is 0.950 bits per heavy atom. The van der Waals surface area contributed by atoms with Crippen LogP contribution in [0.5, 0.6) is 5.75 Å². The monoisotopic (exact) mass is 274 g/mol. The van der Waals surface area contributed by atoms with Crippen molar-refractivity contribution in [1.82, 2.24) is 0 Å². The second kappa shape index (κ2) is 7.29. The molecule has 2 aromatic rings. The van der Waals surface area contributed by atoms with Crippen LogP contribution in [0.2, 0.25) is 0 Å². The van der Waals surface area contributed by atoms with E-state index in [4.69, 9.17) is 19.5 Å². The molecule has 0 aromatic heterocycles. The summed E-state index contributed by atoms with van der Waals surface area (Å²) < 4.78 is 11.0. The molecule has 5 heteroatoms. The molecule has 20 heavy (non-hydrogen) atoms. The molecule has 0 spiro atoms. The average Bonchev–Trinajstić information content (AvgIpc) is 2.46. The fourth-order valence-electron chi connectivity index (χ4n) is 1.96. The summed E-state index contributed by atoms with van der Waals surface area (Å²) in [7, 11) is -1.44. The van der Waals surface area contributed by atoms with Crippen molar-refractivity contribution in [2.24, 2.45) is 0 Å². The zero-order chi connectivity index (χ0) is 14.4. The number of hydrogen-bond acceptors (Lipinski definition) is 4. The minimum absolute atomic E-state index is 0.485. The quantitative estimate of drug-likeness (QED) is 0.590. The van der Waals surface area contributed by atoms with Crippen LogP contribution in [0.4, 0.5) is 0 Å². The highest BCUT2D eigenvalue weighted by atomic mass is 16.5. The van der Waals surface area contributed by atoms with Gasteiger partial charge in [0.1, 0.15) is 12.4 Å². The van der Waals surface area contributed by atoms with Gasteiger partial charge in [-0.25, -0.2) is 0 Å². The molecule has 0 radical (unpaired) electrons. The molecule has 2 aromatic carbocycles. The van der Waals surface area contributed by atoms with Crippen molar-refractivity contribution < 1.29 is 19.5 Å². The fourth-order valence-corrected chi connectivity index (χ4v) is 1.96. The molecule has 0 amide bonds. The zero-order valence-corrected chi connectivity index (χ0v) is 11.6. The van der Waals surface area contributed by atoms with Crippen LogP contribution < -0.4 is 10.2 Å². The Morgan fingerprint density at radius 3 is 2.45 bits per heavy atom. The lowest BCUT2D eigenvalue weighted by molar-refractivity contribution is 0.101. The van der Waals surface area contributed by atoms with E-state index in [-0.39, 0.29) is 0 Å². The van der Waals surface area contributed by atoms with Crippen LogP contribution in [-0.2, 0) is 4.74 Å². The van der Waals surface area contributed by atoms with Gasteiger partial charge in [-0.2, -0.15) is 0 Å². The number of benzene rings is 2. The first-order valence-corrected chi connectivity index (χ1v) is 6.81. The molecule has 4 nitrogen and oxygen atoms in total. The van der Waals surface area contributed by atoms with Crippen LogP contribution in [0.3, 0.4) is 0 Å². The molecule has 0 unspecified atom stereocenters. The van der Waals surface area contributed by atoms with Crippen molar-refractivity contribution in [1.29, 1.82) is 0 Å². The van der Waals surface area contributed by atoms with Gasteiger partial charge in [0.15, 0.2) is 0 Å². The molecule has 0 aliphatic carbocycles. The lowest BCUT2D eigenvalue weighted by atomic mass is 9.79. The van der Waals surface area contributed by atoms with E-state index < -0.39 is 7.12 Å². The van der Waals surface area contributed by atoms with Crippen molar-refractivity contribution in [3.05, 3.63) is 36.4 Å². The summed E-state index contributed by atoms with van der Waals surface area (Å²) in [5.74, 6) is 0.787. The van der Waals surface area contributed by atoms with Crippen molar-refractivity contribution >= 4 is 23.4 Å². The lowest BCUT2D eigenvalue weighted by Gasteiger charge is -2.08. The topological polar surface area (TPSA) is 58.9 Å². The summed E-state index contributed by atoms with van der Waals surface area (Å²) >= 11 is 0. The molecule has 0 aliphatic heterocycles. The summed E-state index contributed by atoms with van der Waals surface area (Å²) in [6, 6.07) is 11.0. The first-order valence-electron chi connectivity index (χ1n) is 6.81. The smallest absolute Gasteiger partial charge is 0.488 e. The van der Waals surface area contributed by atoms with E-state index in [1.165, 1.54) is 0 Å². The summed E-state index contributed by atoms with van der Waals surface area (Å²) in [4.78, 5) is 0. The molecule has 0 atom stereocenters. The zero-order valence-electron chi connectivity index (χ0n) is 11.6. The number of ether oxygens (including phenoxy) is 2.